The number of carbonyl (C=O) groups excluding carboxylic acids is 1. The van der Waals surface area contributed by atoms with Crippen LogP contribution in [0.5, 0.6) is 0 Å². The number of nitriles is 1. The number of urea groups is 1. The molecule has 0 spiro atoms. The number of aryl methyl sites for hydroxylation is 2. The van der Waals surface area contributed by atoms with E-state index in [9.17, 15) is 4.79 Å². The Morgan fingerprint density at radius 1 is 1.60 bits per heavy atom. The van der Waals surface area contributed by atoms with Crippen LogP contribution in [-0.2, 0) is 6.42 Å². The molecule has 1 saturated heterocycles. The lowest BCUT2D eigenvalue weighted by Crippen LogP contribution is -2.45. The molecule has 1 atom stereocenters. The summed E-state index contributed by atoms with van der Waals surface area (Å²) in [5.41, 5.74) is 3.21. The number of aromatic amines is 1. The van der Waals surface area contributed by atoms with Gasteiger partial charge in [-0.15, -0.1) is 0 Å². The molecule has 1 aliphatic rings. The first-order valence-corrected chi connectivity index (χ1v) is 7.04. The van der Waals surface area contributed by atoms with Crippen molar-refractivity contribution in [1.29, 1.82) is 5.26 Å². The molecule has 2 rings (SSSR count). The van der Waals surface area contributed by atoms with Crippen molar-refractivity contribution in [1.82, 2.24) is 20.4 Å². The Bertz CT molecular complexity index is 497. The summed E-state index contributed by atoms with van der Waals surface area (Å²) in [6, 6.07) is 2.18. The van der Waals surface area contributed by atoms with Crippen molar-refractivity contribution in [3.63, 3.8) is 0 Å². The standard InChI is InChI=1S/C14H21N5O/c1-10-13(11(2)18-17-10)5-6-16-14(20)19-7-3-4-12(8-15)9-19/h12H,3-7,9H2,1-2H3,(H,16,20)(H,17,18). The van der Waals surface area contributed by atoms with Gasteiger partial charge in [0.1, 0.15) is 0 Å². The molecule has 2 heterocycles. The summed E-state index contributed by atoms with van der Waals surface area (Å²) in [5.74, 6) is -0.0205. The molecule has 1 aliphatic heterocycles. The second kappa shape index (κ2) is 6.42. The number of H-pyrrole nitrogens is 1. The fourth-order valence-electron chi connectivity index (χ4n) is 2.62. The van der Waals surface area contributed by atoms with E-state index in [4.69, 9.17) is 5.26 Å². The molecule has 108 valence electrons. The summed E-state index contributed by atoms with van der Waals surface area (Å²) in [4.78, 5) is 13.8. The Hall–Kier alpha value is -2.03. The van der Waals surface area contributed by atoms with Crippen LogP contribution in [0.3, 0.4) is 0 Å². The van der Waals surface area contributed by atoms with E-state index in [1.807, 2.05) is 13.8 Å². The summed E-state index contributed by atoms with van der Waals surface area (Å²) < 4.78 is 0. The largest absolute Gasteiger partial charge is 0.338 e. The van der Waals surface area contributed by atoms with Crippen LogP contribution >= 0.6 is 0 Å². The van der Waals surface area contributed by atoms with Gasteiger partial charge in [-0.05, 0) is 38.7 Å². The lowest BCUT2D eigenvalue weighted by Gasteiger charge is -2.29. The maximum Gasteiger partial charge on any atom is 0.317 e. The van der Waals surface area contributed by atoms with Gasteiger partial charge in [0.25, 0.3) is 0 Å². The van der Waals surface area contributed by atoms with Crippen molar-refractivity contribution >= 4 is 6.03 Å². The highest BCUT2D eigenvalue weighted by atomic mass is 16.2. The number of hydrogen-bond donors (Lipinski definition) is 2. The molecule has 6 heteroatoms. The maximum absolute atomic E-state index is 12.0. The third kappa shape index (κ3) is 3.29. The molecule has 0 bridgehead atoms. The van der Waals surface area contributed by atoms with Gasteiger partial charge in [-0.25, -0.2) is 4.79 Å². The molecular formula is C14H21N5O. The number of hydrogen-bond acceptors (Lipinski definition) is 3. The zero-order valence-electron chi connectivity index (χ0n) is 12.1. The smallest absolute Gasteiger partial charge is 0.317 e. The normalized spacial score (nSPS) is 18.6. The Balaban J connectivity index is 1.79. The number of amides is 2. The maximum atomic E-state index is 12.0. The number of carbonyl (C=O) groups is 1. The quantitative estimate of drug-likeness (QED) is 0.877. The van der Waals surface area contributed by atoms with Crippen LogP contribution in [0, 0.1) is 31.1 Å². The molecule has 0 radical (unpaired) electrons. The van der Waals surface area contributed by atoms with Gasteiger partial charge in [-0.3, -0.25) is 5.10 Å². The molecule has 20 heavy (non-hydrogen) atoms. The van der Waals surface area contributed by atoms with Crippen molar-refractivity contribution in [2.24, 2.45) is 5.92 Å². The van der Waals surface area contributed by atoms with Crippen molar-refractivity contribution in [3.8, 4) is 6.07 Å². The number of likely N-dealkylation sites (tertiary alicyclic amines) is 1. The van der Waals surface area contributed by atoms with Gasteiger partial charge in [-0.2, -0.15) is 10.4 Å². The van der Waals surface area contributed by atoms with E-state index in [1.54, 1.807) is 4.90 Å². The number of piperidine rings is 1. The van der Waals surface area contributed by atoms with Gasteiger partial charge >= 0.3 is 6.03 Å². The first-order chi connectivity index (χ1) is 9.61. The predicted molar refractivity (Wildman–Crippen MR) is 75.1 cm³/mol. The van der Waals surface area contributed by atoms with E-state index in [2.05, 4.69) is 21.6 Å². The molecule has 1 aromatic rings. The summed E-state index contributed by atoms with van der Waals surface area (Å²) in [6.07, 6.45) is 2.58. The number of nitrogens with zero attached hydrogens (tertiary/aromatic N) is 3. The minimum absolute atomic E-state index is 0.0205. The van der Waals surface area contributed by atoms with Crippen LogP contribution in [0.4, 0.5) is 4.79 Å². The minimum Gasteiger partial charge on any atom is -0.338 e. The molecule has 0 saturated carbocycles. The average Bonchev–Trinajstić information content (AvgIpc) is 2.79. The van der Waals surface area contributed by atoms with E-state index in [1.165, 1.54) is 5.56 Å². The highest BCUT2D eigenvalue weighted by molar-refractivity contribution is 5.74. The number of nitrogens with one attached hydrogen (secondary N) is 2. The monoisotopic (exact) mass is 275 g/mol. The summed E-state index contributed by atoms with van der Waals surface area (Å²) in [5, 5.41) is 18.9. The van der Waals surface area contributed by atoms with Gasteiger partial charge in [0.2, 0.25) is 0 Å². The second-order valence-corrected chi connectivity index (χ2v) is 5.31. The minimum atomic E-state index is -0.0660. The molecule has 6 nitrogen and oxygen atoms in total. The first-order valence-electron chi connectivity index (χ1n) is 7.04. The fourth-order valence-corrected chi connectivity index (χ4v) is 2.62. The van der Waals surface area contributed by atoms with Crippen molar-refractivity contribution < 1.29 is 4.79 Å². The highest BCUT2D eigenvalue weighted by Crippen LogP contribution is 2.15. The van der Waals surface area contributed by atoms with Crippen molar-refractivity contribution in [2.75, 3.05) is 19.6 Å². The van der Waals surface area contributed by atoms with E-state index >= 15 is 0 Å². The Labute approximate surface area is 119 Å². The Morgan fingerprint density at radius 2 is 2.40 bits per heavy atom. The van der Waals surface area contributed by atoms with E-state index < -0.39 is 0 Å². The van der Waals surface area contributed by atoms with Crippen LogP contribution in [0.1, 0.15) is 29.8 Å². The third-order valence-corrected chi connectivity index (χ3v) is 3.82. The first kappa shape index (κ1) is 14.4. The van der Waals surface area contributed by atoms with Gasteiger partial charge in [0, 0.05) is 25.3 Å². The average molecular weight is 275 g/mol. The van der Waals surface area contributed by atoms with Crippen molar-refractivity contribution in [2.45, 2.75) is 33.1 Å². The van der Waals surface area contributed by atoms with Gasteiger partial charge in [0.05, 0.1) is 17.7 Å². The van der Waals surface area contributed by atoms with Gasteiger partial charge in [0.15, 0.2) is 0 Å². The number of rotatable bonds is 3. The molecule has 2 N–H and O–H groups in total. The van der Waals surface area contributed by atoms with Crippen LogP contribution in [0.25, 0.3) is 0 Å². The highest BCUT2D eigenvalue weighted by Gasteiger charge is 2.23. The fraction of sp³-hybridized carbons (Fsp3) is 0.643. The van der Waals surface area contributed by atoms with Crippen LogP contribution in [0.15, 0.2) is 0 Å². The summed E-state index contributed by atoms with van der Waals surface area (Å²) in [7, 11) is 0. The molecule has 1 aromatic heterocycles. The SMILES string of the molecule is Cc1n[nH]c(C)c1CCNC(=O)N1CCCC(C#N)C1. The zero-order chi connectivity index (χ0) is 14.5. The molecule has 1 unspecified atom stereocenters. The van der Waals surface area contributed by atoms with E-state index in [0.29, 0.717) is 13.1 Å². The van der Waals surface area contributed by atoms with Gasteiger partial charge in [-0.1, -0.05) is 0 Å². The summed E-state index contributed by atoms with van der Waals surface area (Å²) in [6.45, 7) is 5.83. The summed E-state index contributed by atoms with van der Waals surface area (Å²) >= 11 is 0. The topological polar surface area (TPSA) is 84.8 Å². The molecular weight excluding hydrogens is 254 g/mol. The van der Waals surface area contributed by atoms with Crippen LogP contribution in [-0.4, -0.2) is 40.8 Å². The number of aromatic nitrogens is 2. The zero-order valence-corrected chi connectivity index (χ0v) is 12.1. The van der Waals surface area contributed by atoms with E-state index in [0.717, 1.165) is 37.2 Å². The second-order valence-electron chi connectivity index (χ2n) is 5.31. The van der Waals surface area contributed by atoms with Gasteiger partial charge < -0.3 is 10.2 Å². The predicted octanol–water partition coefficient (Wildman–Crippen LogP) is 1.51. The lowest BCUT2D eigenvalue weighted by molar-refractivity contribution is 0.176. The van der Waals surface area contributed by atoms with Crippen LogP contribution < -0.4 is 5.32 Å². The molecule has 0 aliphatic carbocycles. The Morgan fingerprint density at radius 3 is 3.05 bits per heavy atom. The molecule has 2 amide bonds. The third-order valence-electron chi connectivity index (χ3n) is 3.82. The lowest BCUT2D eigenvalue weighted by atomic mass is 10.0. The van der Waals surface area contributed by atoms with Crippen LogP contribution in [0.2, 0.25) is 0 Å². The molecule has 1 fully saturated rings. The molecule has 0 aromatic carbocycles. The van der Waals surface area contributed by atoms with Crippen molar-refractivity contribution in [3.05, 3.63) is 17.0 Å². The van der Waals surface area contributed by atoms with E-state index in [-0.39, 0.29) is 11.9 Å². The Kier molecular flexibility index (Phi) is 4.61.